The van der Waals surface area contributed by atoms with Gasteiger partial charge in [0.1, 0.15) is 11.6 Å². The van der Waals surface area contributed by atoms with Gasteiger partial charge in [0.05, 0.1) is 24.0 Å². The van der Waals surface area contributed by atoms with E-state index in [0.29, 0.717) is 35.4 Å². The van der Waals surface area contributed by atoms with Gasteiger partial charge in [-0.05, 0) is 80.8 Å². The number of nitrogens with one attached hydrogen (secondary N) is 1. The normalized spacial score (nSPS) is 21.8. The van der Waals surface area contributed by atoms with Crippen LogP contribution in [0.4, 0.5) is 17.3 Å². The Kier molecular flexibility index (Phi) is 6.24. The lowest BCUT2D eigenvalue weighted by Gasteiger charge is -2.35. The number of benzene rings is 1. The average Bonchev–Trinajstić information content (AvgIpc) is 3.57. The van der Waals surface area contributed by atoms with E-state index in [1.54, 1.807) is 6.07 Å². The molecule has 0 unspecified atom stereocenters. The molecule has 8 heteroatoms. The van der Waals surface area contributed by atoms with Gasteiger partial charge in [-0.3, -0.25) is 4.79 Å². The van der Waals surface area contributed by atoms with E-state index in [4.69, 9.17) is 9.72 Å². The van der Waals surface area contributed by atoms with E-state index >= 15 is 0 Å². The number of carbonyl (C=O) groups excluding carboxylic acids is 1. The van der Waals surface area contributed by atoms with Crippen LogP contribution in [0.1, 0.15) is 48.5 Å². The van der Waals surface area contributed by atoms with Crippen molar-refractivity contribution in [2.75, 3.05) is 47.9 Å². The molecule has 33 heavy (non-hydrogen) atoms. The first kappa shape index (κ1) is 22.5. The van der Waals surface area contributed by atoms with Crippen molar-refractivity contribution in [2.24, 2.45) is 5.41 Å². The number of carbonyl (C=O) groups is 1. The Morgan fingerprint density at radius 1 is 1.15 bits per heavy atom. The van der Waals surface area contributed by atoms with Crippen molar-refractivity contribution >= 4 is 35.3 Å². The number of hydrogen-bond acceptors (Lipinski definition) is 7. The van der Waals surface area contributed by atoms with E-state index in [1.807, 2.05) is 31.2 Å². The van der Waals surface area contributed by atoms with Crippen LogP contribution in [0.25, 0.3) is 0 Å². The van der Waals surface area contributed by atoms with Crippen LogP contribution in [-0.4, -0.2) is 54.3 Å². The fourth-order valence-corrected chi connectivity index (χ4v) is 5.30. The maximum Gasteiger partial charge on any atom is 0.258 e. The minimum absolute atomic E-state index is 0.156. The molecule has 176 valence electrons. The SMILES string of the molecule is Cc1cc(NC(=O)c2ccc(SO)cc2N2CCC3(CC2)CC3)nc(N2CCO[C@H](C)C2)c1. The number of pyridine rings is 1. The molecule has 0 radical (unpaired) electrons. The summed E-state index contributed by atoms with van der Waals surface area (Å²) in [5.41, 5.74) is 3.11. The number of piperidine rings is 1. The fourth-order valence-electron chi connectivity index (χ4n) is 5.01. The summed E-state index contributed by atoms with van der Waals surface area (Å²) >= 11 is 0.717. The Hall–Kier alpha value is -2.29. The number of aryl methyl sites for hydroxylation is 1. The molecule has 2 aromatic rings. The molecule has 1 aromatic carbocycles. The maximum atomic E-state index is 13.4. The number of morpholine rings is 1. The van der Waals surface area contributed by atoms with Gasteiger partial charge in [-0.2, -0.15) is 0 Å². The first-order chi connectivity index (χ1) is 15.9. The highest BCUT2D eigenvalue weighted by Crippen LogP contribution is 2.54. The third kappa shape index (κ3) is 4.98. The minimum atomic E-state index is -0.175. The van der Waals surface area contributed by atoms with Gasteiger partial charge >= 0.3 is 0 Å². The number of amides is 1. The van der Waals surface area contributed by atoms with Gasteiger partial charge in [0, 0.05) is 43.1 Å². The van der Waals surface area contributed by atoms with Crippen molar-refractivity contribution in [3.63, 3.8) is 0 Å². The average molecular weight is 469 g/mol. The zero-order valence-electron chi connectivity index (χ0n) is 19.3. The molecule has 0 bridgehead atoms. The topological polar surface area (TPSA) is 77.9 Å². The van der Waals surface area contributed by atoms with Gasteiger partial charge < -0.3 is 24.4 Å². The molecule has 3 aliphatic rings. The van der Waals surface area contributed by atoms with E-state index in [0.717, 1.165) is 48.1 Å². The molecule has 7 nitrogen and oxygen atoms in total. The Bertz CT molecular complexity index is 1030. The van der Waals surface area contributed by atoms with Crippen molar-refractivity contribution in [3.05, 3.63) is 41.5 Å². The van der Waals surface area contributed by atoms with Crippen LogP contribution < -0.4 is 15.1 Å². The zero-order valence-corrected chi connectivity index (χ0v) is 20.2. The minimum Gasteiger partial charge on any atom is -0.375 e. The van der Waals surface area contributed by atoms with Gasteiger partial charge in [0.25, 0.3) is 5.91 Å². The molecule has 1 amide bonds. The Balaban J connectivity index is 1.37. The van der Waals surface area contributed by atoms with Crippen LogP contribution >= 0.6 is 12.0 Å². The lowest BCUT2D eigenvalue weighted by Crippen LogP contribution is -2.41. The molecular formula is C25H32N4O3S. The second-order valence-electron chi connectivity index (χ2n) is 9.73. The molecule has 1 aliphatic carbocycles. The van der Waals surface area contributed by atoms with Crippen LogP contribution in [0, 0.1) is 12.3 Å². The fraction of sp³-hybridized carbons (Fsp3) is 0.520. The van der Waals surface area contributed by atoms with Crippen LogP contribution in [0.15, 0.2) is 35.2 Å². The van der Waals surface area contributed by atoms with E-state index in [1.165, 1.54) is 25.7 Å². The second kappa shape index (κ2) is 9.16. The predicted octanol–water partition coefficient (Wildman–Crippen LogP) is 4.81. The third-order valence-electron chi connectivity index (χ3n) is 7.20. The van der Waals surface area contributed by atoms with E-state index < -0.39 is 0 Å². The summed E-state index contributed by atoms with van der Waals surface area (Å²) in [6.45, 7) is 8.22. The molecule has 1 atom stereocenters. The summed E-state index contributed by atoms with van der Waals surface area (Å²) in [7, 11) is 0. The molecule has 1 spiro atoms. The summed E-state index contributed by atoms with van der Waals surface area (Å²) in [5.74, 6) is 1.24. The van der Waals surface area contributed by atoms with Crippen molar-refractivity contribution < 1.29 is 14.1 Å². The van der Waals surface area contributed by atoms with Gasteiger partial charge in [-0.25, -0.2) is 4.98 Å². The van der Waals surface area contributed by atoms with Gasteiger partial charge in [0.15, 0.2) is 0 Å². The second-order valence-corrected chi connectivity index (χ2v) is 10.4. The summed E-state index contributed by atoms with van der Waals surface area (Å²) in [4.78, 5) is 23.4. The number of aromatic nitrogens is 1. The summed E-state index contributed by atoms with van der Waals surface area (Å²) < 4.78 is 15.3. The molecule has 1 saturated carbocycles. The first-order valence-electron chi connectivity index (χ1n) is 11.8. The monoisotopic (exact) mass is 468 g/mol. The summed E-state index contributed by atoms with van der Waals surface area (Å²) in [6, 6.07) is 9.48. The Morgan fingerprint density at radius 3 is 2.64 bits per heavy atom. The molecule has 1 aromatic heterocycles. The highest BCUT2D eigenvalue weighted by Gasteiger charge is 2.44. The molecule has 2 N–H and O–H groups in total. The van der Waals surface area contributed by atoms with Gasteiger partial charge in [0.2, 0.25) is 0 Å². The largest absolute Gasteiger partial charge is 0.375 e. The van der Waals surface area contributed by atoms with Crippen LogP contribution in [-0.2, 0) is 4.74 Å². The van der Waals surface area contributed by atoms with Crippen molar-refractivity contribution in [1.29, 1.82) is 0 Å². The molecule has 2 saturated heterocycles. The van der Waals surface area contributed by atoms with Crippen LogP contribution in [0.2, 0.25) is 0 Å². The van der Waals surface area contributed by atoms with Gasteiger partial charge in [-0.1, -0.05) is 0 Å². The number of hydrogen-bond donors (Lipinski definition) is 2. The Morgan fingerprint density at radius 2 is 1.94 bits per heavy atom. The Labute approximate surface area is 199 Å². The molecule has 3 heterocycles. The third-order valence-corrected chi connectivity index (χ3v) is 7.67. The smallest absolute Gasteiger partial charge is 0.258 e. The molecule has 5 rings (SSSR count). The standard InChI is InChI=1S/C25H32N4O3S/c1-17-13-22(26-23(14-17)29-11-12-32-18(2)16-29)27-24(30)20-4-3-19(33-31)15-21(20)28-9-7-25(5-6-25)8-10-28/h3-4,13-15,18,31H,5-12,16H2,1-2H3,(H,26,27,30)/t18-/m1/s1. The van der Waals surface area contributed by atoms with Crippen LogP contribution in [0.3, 0.4) is 0 Å². The molecule has 3 fully saturated rings. The van der Waals surface area contributed by atoms with E-state index in [9.17, 15) is 9.35 Å². The van der Waals surface area contributed by atoms with Crippen LogP contribution in [0.5, 0.6) is 0 Å². The number of nitrogens with zero attached hydrogens (tertiary/aromatic N) is 3. The lowest BCUT2D eigenvalue weighted by molar-refractivity contribution is 0.0529. The zero-order chi connectivity index (χ0) is 23.0. The first-order valence-corrected chi connectivity index (χ1v) is 12.6. The van der Waals surface area contributed by atoms with Crippen molar-refractivity contribution in [1.82, 2.24) is 4.98 Å². The highest BCUT2D eigenvalue weighted by molar-refractivity contribution is 7.93. The highest BCUT2D eigenvalue weighted by atomic mass is 32.2. The summed E-state index contributed by atoms with van der Waals surface area (Å²) in [6.07, 6.45) is 5.17. The van der Waals surface area contributed by atoms with Gasteiger partial charge in [-0.15, -0.1) is 0 Å². The van der Waals surface area contributed by atoms with Crippen molar-refractivity contribution in [2.45, 2.75) is 50.5 Å². The molecular weight excluding hydrogens is 436 g/mol. The van der Waals surface area contributed by atoms with Crippen molar-refractivity contribution in [3.8, 4) is 0 Å². The molecule has 2 aliphatic heterocycles. The summed E-state index contributed by atoms with van der Waals surface area (Å²) in [5, 5.41) is 3.03. The lowest BCUT2D eigenvalue weighted by atomic mass is 9.93. The van der Waals surface area contributed by atoms with E-state index in [2.05, 4.69) is 22.0 Å². The predicted molar refractivity (Wildman–Crippen MR) is 133 cm³/mol. The number of anilines is 3. The quantitative estimate of drug-likeness (QED) is 0.610. The van der Waals surface area contributed by atoms with E-state index in [-0.39, 0.29) is 12.0 Å². The maximum absolute atomic E-state index is 13.4. The number of ether oxygens (including phenoxy) is 1. The number of rotatable bonds is 5.